The fourth-order valence-corrected chi connectivity index (χ4v) is 5.95. The lowest BCUT2D eigenvalue weighted by molar-refractivity contribution is -0.140. The molecule has 1 fully saturated rings. The van der Waals surface area contributed by atoms with Gasteiger partial charge < -0.3 is 21.3 Å². The van der Waals surface area contributed by atoms with Crippen molar-refractivity contribution >= 4 is 52.8 Å². The number of unbranched alkanes of at least 4 members (excludes halogenated alkanes) is 1. The summed E-state index contributed by atoms with van der Waals surface area (Å²) >= 11 is 7.97. The zero-order valence-corrected chi connectivity index (χ0v) is 25.3. The Hall–Kier alpha value is -2.59. The van der Waals surface area contributed by atoms with E-state index in [1.807, 2.05) is 25.6 Å². The van der Waals surface area contributed by atoms with Crippen LogP contribution in [0.4, 0.5) is 0 Å². The van der Waals surface area contributed by atoms with E-state index in [1.54, 1.807) is 31.2 Å². The number of Topliss-reactive ketones (excluding diaryl/α,β-unsaturated/α-hetero) is 1. The molecule has 1 aromatic carbocycles. The first-order valence-electron chi connectivity index (χ1n) is 14.1. The van der Waals surface area contributed by atoms with Gasteiger partial charge in [-0.15, -0.1) is 0 Å². The minimum Gasteiger partial charge on any atom is -0.350 e. The van der Waals surface area contributed by atoms with E-state index >= 15 is 0 Å². The zero-order valence-electron chi connectivity index (χ0n) is 23.7. The van der Waals surface area contributed by atoms with Gasteiger partial charge in [0, 0.05) is 29.7 Å². The van der Waals surface area contributed by atoms with Crippen LogP contribution in [0.2, 0.25) is 5.02 Å². The van der Waals surface area contributed by atoms with Crippen molar-refractivity contribution < 1.29 is 24.0 Å². The van der Waals surface area contributed by atoms with Crippen LogP contribution in [-0.4, -0.2) is 65.6 Å². The van der Waals surface area contributed by atoms with Gasteiger partial charge in [-0.3, -0.25) is 24.0 Å². The molecule has 1 aliphatic heterocycles. The summed E-state index contributed by atoms with van der Waals surface area (Å²) in [4.78, 5) is 63.3. The van der Waals surface area contributed by atoms with Gasteiger partial charge >= 0.3 is 0 Å². The second-order valence-corrected chi connectivity index (χ2v) is 12.4. The molecule has 0 spiro atoms. The van der Waals surface area contributed by atoms with Crippen LogP contribution in [0.5, 0.6) is 0 Å². The Labute approximate surface area is 246 Å². The van der Waals surface area contributed by atoms with Crippen molar-refractivity contribution in [2.45, 2.75) is 89.5 Å². The molecule has 222 valence electrons. The average molecular weight is 595 g/mol. The van der Waals surface area contributed by atoms with Crippen LogP contribution >= 0.6 is 23.4 Å². The fourth-order valence-electron chi connectivity index (χ4n) is 4.49. The van der Waals surface area contributed by atoms with E-state index in [9.17, 15) is 24.0 Å². The van der Waals surface area contributed by atoms with Crippen molar-refractivity contribution in [3.63, 3.8) is 0 Å². The van der Waals surface area contributed by atoms with Gasteiger partial charge in [-0.25, -0.2) is 0 Å². The molecular weight excluding hydrogens is 552 g/mol. The first-order valence-corrected chi connectivity index (χ1v) is 15.6. The molecule has 1 aromatic rings. The first-order chi connectivity index (χ1) is 19.1. The number of rotatable bonds is 17. The highest BCUT2D eigenvalue weighted by Gasteiger charge is 2.30. The highest BCUT2D eigenvalue weighted by Crippen LogP contribution is 2.30. The molecule has 9 nitrogen and oxygen atoms in total. The Bertz CT molecular complexity index is 999. The van der Waals surface area contributed by atoms with Crippen molar-refractivity contribution in [2.24, 2.45) is 5.92 Å². The van der Waals surface area contributed by atoms with E-state index in [-0.39, 0.29) is 31.3 Å². The predicted octanol–water partition coefficient (Wildman–Crippen LogP) is 3.18. The maximum atomic E-state index is 13.3. The van der Waals surface area contributed by atoms with E-state index in [0.717, 1.165) is 19.3 Å². The molecule has 4 amide bonds. The summed E-state index contributed by atoms with van der Waals surface area (Å²) in [5.41, 5.74) is 0.710. The number of carbonyl (C=O) groups excluding carboxylic acids is 5. The van der Waals surface area contributed by atoms with Gasteiger partial charge in [-0.2, -0.15) is 11.8 Å². The Balaban J connectivity index is 1.93. The van der Waals surface area contributed by atoms with Gasteiger partial charge in [0.15, 0.2) is 0 Å². The second kappa shape index (κ2) is 18.0. The van der Waals surface area contributed by atoms with Crippen LogP contribution in [0.1, 0.15) is 71.3 Å². The number of likely N-dealkylation sites (N-methyl/N-ethyl adjacent to an activating group) is 1. The van der Waals surface area contributed by atoms with E-state index in [4.69, 9.17) is 11.6 Å². The molecule has 0 aromatic heterocycles. The minimum atomic E-state index is -1.13. The third-order valence-electron chi connectivity index (χ3n) is 6.56. The lowest BCUT2D eigenvalue weighted by Gasteiger charge is -2.24. The molecule has 1 aliphatic rings. The number of halogens is 1. The quantitative estimate of drug-likeness (QED) is 0.162. The Morgan fingerprint density at radius 1 is 0.975 bits per heavy atom. The second-order valence-electron chi connectivity index (χ2n) is 10.5. The number of hydrogen-bond donors (Lipinski definition) is 4. The summed E-state index contributed by atoms with van der Waals surface area (Å²) in [7, 11) is 0. The maximum Gasteiger partial charge on any atom is 0.289 e. The lowest BCUT2D eigenvalue weighted by Crippen LogP contribution is -2.55. The summed E-state index contributed by atoms with van der Waals surface area (Å²) < 4.78 is 0. The summed E-state index contributed by atoms with van der Waals surface area (Å²) in [5, 5.41) is 11.7. The molecule has 4 N–H and O–H groups in total. The van der Waals surface area contributed by atoms with Crippen LogP contribution < -0.4 is 21.3 Å². The van der Waals surface area contributed by atoms with Crippen LogP contribution in [0, 0.1) is 5.92 Å². The molecule has 0 radical (unpaired) electrons. The smallest absolute Gasteiger partial charge is 0.289 e. The number of benzene rings is 1. The normalized spacial score (nSPS) is 16.2. The summed E-state index contributed by atoms with van der Waals surface area (Å²) in [6.45, 7) is 5.53. The minimum absolute atomic E-state index is 0.0532. The standard InChI is InChI=1S/C29H43ClN4O5S/c1-4-31-29(39)27(37)23(17-20-11-13-21(30)14-12-20)34-28(38)24(16-19(2)3)33-26(36)18-32-25(35)10-6-5-8-22-9-7-15-40-22/h11-14,19,22-24H,4-10,15-18H2,1-3H3,(H,31,39)(H,32,35)(H,33,36)(H,34,38)/t22?,23-,24-/m0/s1. The average Bonchev–Trinajstić information content (AvgIpc) is 3.43. The van der Waals surface area contributed by atoms with Crippen molar-refractivity contribution in [3.8, 4) is 0 Å². The van der Waals surface area contributed by atoms with Crippen molar-refractivity contribution in [1.29, 1.82) is 0 Å². The largest absolute Gasteiger partial charge is 0.350 e. The Morgan fingerprint density at radius 2 is 1.70 bits per heavy atom. The van der Waals surface area contributed by atoms with Gasteiger partial charge in [-0.05, 0) is 68.4 Å². The third kappa shape index (κ3) is 12.7. The summed E-state index contributed by atoms with van der Waals surface area (Å²) in [6.07, 6.45) is 6.15. The van der Waals surface area contributed by atoms with E-state index in [0.29, 0.717) is 28.7 Å². The highest BCUT2D eigenvalue weighted by atomic mass is 35.5. The van der Waals surface area contributed by atoms with Crippen LogP contribution in [0.25, 0.3) is 0 Å². The van der Waals surface area contributed by atoms with Gasteiger partial charge in [-0.1, -0.05) is 44.0 Å². The molecule has 0 bridgehead atoms. The number of amides is 4. The lowest BCUT2D eigenvalue weighted by atomic mass is 9.99. The fraction of sp³-hybridized carbons (Fsp3) is 0.621. The van der Waals surface area contributed by atoms with Crippen molar-refractivity contribution in [1.82, 2.24) is 21.3 Å². The Morgan fingerprint density at radius 3 is 2.33 bits per heavy atom. The van der Waals surface area contributed by atoms with Crippen molar-refractivity contribution in [2.75, 3.05) is 18.8 Å². The molecule has 1 saturated heterocycles. The molecule has 3 atom stereocenters. The number of carbonyl (C=O) groups is 5. The van der Waals surface area contributed by atoms with E-state index in [2.05, 4.69) is 21.3 Å². The maximum absolute atomic E-state index is 13.3. The van der Waals surface area contributed by atoms with E-state index < -0.39 is 35.6 Å². The van der Waals surface area contributed by atoms with Crippen LogP contribution in [0.3, 0.4) is 0 Å². The topological polar surface area (TPSA) is 133 Å². The van der Waals surface area contributed by atoms with Gasteiger partial charge in [0.2, 0.25) is 23.5 Å². The molecule has 0 aliphatic carbocycles. The highest BCUT2D eigenvalue weighted by molar-refractivity contribution is 8.00. The molecule has 1 unspecified atom stereocenters. The zero-order chi connectivity index (χ0) is 29.5. The number of thioether (sulfide) groups is 1. The number of hydrogen-bond acceptors (Lipinski definition) is 6. The van der Waals surface area contributed by atoms with Gasteiger partial charge in [0.05, 0.1) is 6.54 Å². The SMILES string of the molecule is CCNC(=O)C(=O)[C@H](Cc1ccc(Cl)cc1)NC(=O)[C@H](CC(C)C)NC(=O)CNC(=O)CCCCC1CCCS1. The van der Waals surface area contributed by atoms with Crippen LogP contribution in [-0.2, 0) is 30.4 Å². The predicted molar refractivity (Wildman–Crippen MR) is 159 cm³/mol. The van der Waals surface area contributed by atoms with Gasteiger partial charge in [0.1, 0.15) is 12.1 Å². The summed E-state index contributed by atoms with van der Waals surface area (Å²) in [6, 6.07) is 4.69. The Kier molecular flexibility index (Phi) is 15.1. The molecular formula is C29H43ClN4O5S. The monoisotopic (exact) mass is 594 g/mol. The summed E-state index contributed by atoms with van der Waals surface area (Å²) in [5.74, 6) is -1.57. The van der Waals surface area contributed by atoms with Crippen LogP contribution in [0.15, 0.2) is 24.3 Å². The molecule has 11 heteroatoms. The molecule has 2 rings (SSSR count). The number of ketones is 1. The molecule has 0 saturated carbocycles. The van der Waals surface area contributed by atoms with Gasteiger partial charge in [0.25, 0.3) is 5.91 Å². The van der Waals surface area contributed by atoms with E-state index in [1.165, 1.54) is 18.6 Å². The molecule has 1 heterocycles. The van der Waals surface area contributed by atoms with Crippen molar-refractivity contribution in [3.05, 3.63) is 34.9 Å². The first kappa shape index (κ1) is 33.6. The number of nitrogens with one attached hydrogen (secondary N) is 4. The molecule has 40 heavy (non-hydrogen) atoms. The third-order valence-corrected chi connectivity index (χ3v) is 8.28.